The van der Waals surface area contributed by atoms with Crippen LogP contribution in [0.2, 0.25) is 5.02 Å². The van der Waals surface area contributed by atoms with E-state index >= 15 is 0 Å². The second-order valence-electron chi connectivity index (χ2n) is 5.19. The molecule has 0 fully saturated rings. The standard InChI is InChI=1S/C15H14ClN5O2/c1-8-5-9(2)21(20-8)7-13(22)18-19-14-11-6-10(16)3-4-12(11)17-15(14)23/h3-6,17,23H,7H2,1-2H3. The highest BCUT2D eigenvalue weighted by Gasteiger charge is 2.12. The topological polar surface area (TPSA) is 95.6 Å². The van der Waals surface area contributed by atoms with E-state index in [0.717, 1.165) is 11.4 Å². The van der Waals surface area contributed by atoms with E-state index in [2.05, 4.69) is 20.3 Å². The van der Waals surface area contributed by atoms with Crippen LogP contribution in [0.3, 0.4) is 0 Å². The van der Waals surface area contributed by atoms with Crippen molar-refractivity contribution < 1.29 is 9.90 Å². The number of benzene rings is 1. The molecule has 0 aliphatic rings. The van der Waals surface area contributed by atoms with Crippen molar-refractivity contribution in [2.24, 2.45) is 10.2 Å². The Morgan fingerprint density at radius 1 is 1.39 bits per heavy atom. The van der Waals surface area contributed by atoms with Crippen molar-refractivity contribution in [2.45, 2.75) is 20.4 Å². The number of fused-ring (bicyclic) bond motifs is 1. The van der Waals surface area contributed by atoms with E-state index in [1.165, 1.54) is 0 Å². The lowest BCUT2D eigenvalue weighted by molar-refractivity contribution is -0.119. The summed E-state index contributed by atoms with van der Waals surface area (Å²) in [6.45, 7) is 3.70. The first kappa shape index (κ1) is 15.2. The average Bonchev–Trinajstić information content (AvgIpc) is 2.95. The van der Waals surface area contributed by atoms with Gasteiger partial charge in [-0.15, -0.1) is 10.2 Å². The van der Waals surface area contributed by atoms with Crippen molar-refractivity contribution in [3.05, 3.63) is 40.7 Å². The number of aromatic hydroxyl groups is 1. The minimum absolute atomic E-state index is 0.00690. The van der Waals surface area contributed by atoms with Crippen molar-refractivity contribution in [1.29, 1.82) is 0 Å². The number of carbonyl (C=O) groups excluding carboxylic acids is 1. The smallest absolute Gasteiger partial charge is 0.286 e. The lowest BCUT2D eigenvalue weighted by atomic mass is 10.2. The quantitative estimate of drug-likeness (QED) is 0.717. The number of aromatic nitrogens is 3. The van der Waals surface area contributed by atoms with Gasteiger partial charge in [0.25, 0.3) is 5.91 Å². The number of halogens is 1. The molecule has 2 N–H and O–H groups in total. The molecule has 0 spiro atoms. The summed E-state index contributed by atoms with van der Waals surface area (Å²) in [5.41, 5.74) is 2.54. The molecule has 7 nitrogen and oxygen atoms in total. The number of amides is 1. The molecule has 1 aromatic carbocycles. The third kappa shape index (κ3) is 3.09. The third-order valence-electron chi connectivity index (χ3n) is 3.36. The van der Waals surface area contributed by atoms with Gasteiger partial charge < -0.3 is 10.1 Å². The Balaban J connectivity index is 1.85. The van der Waals surface area contributed by atoms with E-state index in [4.69, 9.17) is 11.6 Å². The van der Waals surface area contributed by atoms with Crippen LogP contribution in [0.25, 0.3) is 10.9 Å². The van der Waals surface area contributed by atoms with Crippen LogP contribution in [0.4, 0.5) is 5.69 Å². The lowest BCUT2D eigenvalue weighted by Gasteiger charge is -1.99. The van der Waals surface area contributed by atoms with Gasteiger partial charge in [-0.05, 0) is 38.1 Å². The summed E-state index contributed by atoms with van der Waals surface area (Å²) in [5.74, 6) is -0.628. The van der Waals surface area contributed by atoms with E-state index in [0.29, 0.717) is 15.9 Å². The molecule has 118 valence electrons. The van der Waals surface area contributed by atoms with Gasteiger partial charge in [0, 0.05) is 16.1 Å². The summed E-state index contributed by atoms with van der Waals surface area (Å²) in [6, 6.07) is 6.92. The summed E-state index contributed by atoms with van der Waals surface area (Å²) >= 11 is 5.94. The van der Waals surface area contributed by atoms with Gasteiger partial charge >= 0.3 is 0 Å². The first-order chi connectivity index (χ1) is 10.9. The van der Waals surface area contributed by atoms with Crippen LogP contribution in [0, 0.1) is 13.8 Å². The molecule has 0 bridgehead atoms. The van der Waals surface area contributed by atoms with E-state index in [9.17, 15) is 9.90 Å². The Bertz CT molecular complexity index is 925. The Morgan fingerprint density at radius 3 is 2.87 bits per heavy atom. The fourth-order valence-corrected chi connectivity index (χ4v) is 2.51. The number of carbonyl (C=O) groups is 1. The maximum Gasteiger partial charge on any atom is 0.286 e. The first-order valence-corrected chi connectivity index (χ1v) is 7.27. The predicted molar refractivity (Wildman–Crippen MR) is 86.2 cm³/mol. The summed E-state index contributed by atoms with van der Waals surface area (Å²) in [5, 5.41) is 22.7. The molecule has 0 unspecified atom stereocenters. The van der Waals surface area contributed by atoms with Gasteiger partial charge in [-0.25, -0.2) is 0 Å². The second kappa shape index (κ2) is 5.85. The van der Waals surface area contributed by atoms with Crippen LogP contribution in [-0.4, -0.2) is 25.8 Å². The molecule has 2 aromatic heterocycles. The monoisotopic (exact) mass is 331 g/mol. The van der Waals surface area contributed by atoms with Crippen LogP contribution in [0.5, 0.6) is 5.88 Å². The van der Waals surface area contributed by atoms with Crippen LogP contribution in [0.1, 0.15) is 11.4 Å². The van der Waals surface area contributed by atoms with E-state index in [-0.39, 0.29) is 18.1 Å². The molecule has 1 amide bonds. The van der Waals surface area contributed by atoms with E-state index < -0.39 is 5.91 Å². The number of aryl methyl sites for hydroxylation is 2. The molecule has 3 aromatic rings. The molecule has 0 saturated heterocycles. The van der Waals surface area contributed by atoms with Crippen LogP contribution < -0.4 is 0 Å². The predicted octanol–water partition coefficient (Wildman–Crippen LogP) is 3.65. The number of rotatable bonds is 3. The summed E-state index contributed by atoms with van der Waals surface area (Å²) < 4.78 is 1.56. The number of aromatic amines is 1. The minimum atomic E-state index is -0.466. The SMILES string of the molecule is Cc1cc(C)n(CC(=O)N=Nc2c(O)[nH]c3ccc(Cl)cc23)n1. The normalized spacial score (nSPS) is 11.6. The van der Waals surface area contributed by atoms with Gasteiger partial charge in [-0.1, -0.05) is 11.6 Å². The van der Waals surface area contributed by atoms with Crippen molar-refractivity contribution in [3.8, 4) is 5.88 Å². The van der Waals surface area contributed by atoms with Crippen LogP contribution in [0.15, 0.2) is 34.5 Å². The number of nitrogens with zero attached hydrogens (tertiary/aromatic N) is 4. The zero-order valence-electron chi connectivity index (χ0n) is 12.5. The van der Waals surface area contributed by atoms with Gasteiger partial charge in [0.2, 0.25) is 5.88 Å². The Labute approximate surface area is 136 Å². The largest absolute Gasteiger partial charge is 0.493 e. The average molecular weight is 332 g/mol. The Morgan fingerprint density at radius 2 is 2.17 bits per heavy atom. The van der Waals surface area contributed by atoms with Crippen molar-refractivity contribution in [2.75, 3.05) is 0 Å². The molecule has 0 aliphatic carbocycles. The van der Waals surface area contributed by atoms with Crippen molar-refractivity contribution in [3.63, 3.8) is 0 Å². The van der Waals surface area contributed by atoms with Gasteiger partial charge in [0.1, 0.15) is 6.54 Å². The molecule has 3 rings (SSSR count). The highest BCUT2D eigenvalue weighted by atomic mass is 35.5. The maximum absolute atomic E-state index is 11.9. The molecular formula is C15H14ClN5O2. The van der Waals surface area contributed by atoms with Crippen molar-refractivity contribution in [1.82, 2.24) is 14.8 Å². The van der Waals surface area contributed by atoms with E-state index in [1.54, 1.807) is 22.9 Å². The molecular weight excluding hydrogens is 318 g/mol. The lowest BCUT2D eigenvalue weighted by Crippen LogP contribution is -2.10. The van der Waals surface area contributed by atoms with Crippen LogP contribution in [-0.2, 0) is 11.3 Å². The molecule has 23 heavy (non-hydrogen) atoms. The van der Waals surface area contributed by atoms with Gasteiger partial charge in [0.05, 0.1) is 11.2 Å². The second-order valence-corrected chi connectivity index (χ2v) is 5.63. The highest BCUT2D eigenvalue weighted by Crippen LogP contribution is 2.36. The Kier molecular flexibility index (Phi) is 3.87. The number of nitrogens with one attached hydrogen (secondary N) is 1. The van der Waals surface area contributed by atoms with Crippen LogP contribution >= 0.6 is 11.6 Å². The highest BCUT2D eigenvalue weighted by molar-refractivity contribution is 6.31. The van der Waals surface area contributed by atoms with Gasteiger partial charge in [-0.2, -0.15) is 5.10 Å². The van der Waals surface area contributed by atoms with Crippen molar-refractivity contribution >= 4 is 34.1 Å². The molecule has 8 heteroatoms. The summed E-state index contributed by atoms with van der Waals surface area (Å²) in [7, 11) is 0. The third-order valence-corrected chi connectivity index (χ3v) is 3.60. The van der Waals surface area contributed by atoms with Gasteiger partial charge in [0.15, 0.2) is 5.69 Å². The van der Waals surface area contributed by atoms with E-state index in [1.807, 2.05) is 19.9 Å². The number of azo groups is 1. The molecule has 0 radical (unpaired) electrons. The summed E-state index contributed by atoms with van der Waals surface area (Å²) in [4.78, 5) is 14.7. The fourth-order valence-electron chi connectivity index (χ4n) is 2.34. The molecule has 2 heterocycles. The maximum atomic E-state index is 11.9. The first-order valence-electron chi connectivity index (χ1n) is 6.90. The fraction of sp³-hybridized carbons (Fsp3) is 0.200. The van der Waals surface area contributed by atoms with Gasteiger partial charge in [-0.3, -0.25) is 9.48 Å². The number of hydrogen-bond donors (Lipinski definition) is 2. The Hall–Kier alpha value is -2.67. The minimum Gasteiger partial charge on any atom is -0.493 e. The number of hydrogen-bond acceptors (Lipinski definition) is 4. The molecule has 0 atom stereocenters. The zero-order valence-corrected chi connectivity index (χ0v) is 13.3. The zero-order chi connectivity index (χ0) is 16.6. The number of H-pyrrole nitrogens is 1. The molecule has 0 saturated carbocycles. The summed E-state index contributed by atoms with van der Waals surface area (Å²) in [6.07, 6.45) is 0. The molecule has 0 aliphatic heterocycles.